The molecule has 1 aliphatic carbocycles. The standard InChI is InChI=1S/C10H13N.ClH/c11-7-9-6-5-8-3-1-2-4-10(8)9;/h1-4,9H,5-7,11H2;1H. The van der Waals surface area contributed by atoms with Crippen molar-refractivity contribution in [1.82, 2.24) is 0 Å². The van der Waals surface area contributed by atoms with Gasteiger partial charge >= 0.3 is 0 Å². The molecular weight excluding hydrogens is 170 g/mol. The van der Waals surface area contributed by atoms with Gasteiger partial charge in [0.2, 0.25) is 0 Å². The Morgan fingerprint density at radius 3 is 2.83 bits per heavy atom. The molecular formula is C10H14ClN. The zero-order valence-corrected chi connectivity index (χ0v) is 7.81. The van der Waals surface area contributed by atoms with Crippen LogP contribution in [0.5, 0.6) is 0 Å². The first kappa shape index (κ1) is 9.56. The van der Waals surface area contributed by atoms with E-state index in [1.54, 1.807) is 0 Å². The van der Waals surface area contributed by atoms with Gasteiger partial charge in [0.15, 0.2) is 0 Å². The fraction of sp³-hybridized carbons (Fsp3) is 0.400. The van der Waals surface area contributed by atoms with E-state index >= 15 is 0 Å². The zero-order chi connectivity index (χ0) is 7.68. The third-order valence-electron chi connectivity index (χ3n) is 2.54. The number of aryl methyl sites for hydroxylation is 1. The predicted molar refractivity (Wildman–Crippen MR) is 53.8 cm³/mol. The van der Waals surface area contributed by atoms with Crippen LogP contribution < -0.4 is 5.73 Å². The Morgan fingerprint density at radius 1 is 1.33 bits per heavy atom. The van der Waals surface area contributed by atoms with Crippen molar-refractivity contribution in [2.45, 2.75) is 18.8 Å². The van der Waals surface area contributed by atoms with Crippen molar-refractivity contribution in [3.8, 4) is 0 Å². The third-order valence-corrected chi connectivity index (χ3v) is 2.54. The van der Waals surface area contributed by atoms with E-state index in [1.807, 2.05) is 0 Å². The van der Waals surface area contributed by atoms with Crippen LogP contribution in [0, 0.1) is 0 Å². The van der Waals surface area contributed by atoms with Crippen LogP contribution in [0.25, 0.3) is 0 Å². The second-order valence-electron chi connectivity index (χ2n) is 3.17. The van der Waals surface area contributed by atoms with Gasteiger partial charge < -0.3 is 5.73 Å². The molecule has 2 heteroatoms. The number of benzene rings is 1. The molecule has 1 aliphatic rings. The molecule has 0 radical (unpaired) electrons. The van der Waals surface area contributed by atoms with Gasteiger partial charge in [-0.2, -0.15) is 0 Å². The van der Waals surface area contributed by atoms with Gasteiger partial charge in [-0.25, -0.2) is 0 Å². The Balaban J connectivity index is 0.000000720. The Hall–Kier alpha value is -0.530. The highest BCUT2D eigenvalue weighted by molar-refractivity contribution is 5.85. The van der Waals surface area contributed by atoms with Crippen molar-refractivity contribution in [2.75, 3.05) is 6.54 Å². The molecule has 0 amide bonds. The number of rotatable bonds is 1. The minimum atomic E-state index is 0. The minimum absolute atomic E-state index is 0. The van der Waals surface area contributed by atoms with Gasteiger partial charge in [0.05, 0.1) is 0 Å². The summed E-state index contributed by atoms with van der Waals surface area (Å²) in [6, 6.07) is 8.63. The Bertz CT molecular complexity index is 260. The van der Waals surface area contributed by atoms with E-state index in [4.69, 9.17) is 5.73 Å². The summed E-state index contributed by atoms with van der Waals surface area (Å²) in [6.45, 7) is 0.803. The highest BCUT2D eigenvalue weighted by Crippen LogP contribution is 2.31. The topological polar surface area (TPSA) is 26.0 Å². The lowest BCUT2D eigenvalue weighted by Crippen LogP contribution is -2.08. The summed E-state index contributed by atoms with van der Waals surface area (Å²) in [6.07, 6.45) is 2.47. The predicted octanol–water partition coefficient (Wildman–Crippen LogP) is 2.10. The molecule has 0 aromatic heterocycles. The number of halogens is 1. The van der Waals surface area contributed by atoms with Crippen LogP contribution in [-0.4, -0.2) is 6.54 Å². The lowest BCUT2D eigenvalue weighted by Gasteiger charge is -2.06. The van der Waals surface area contributed by atoms with E-state index in [0.717, 1.165) is 6.54 Å². The van der Waals surface area contributed by atoms with Crippen molar-refractivity contribution >= 4 is 12.4 Å². The minimum Gasteiger partial charge on any atom is -0.330 e. The number of nitrogens with two attached hydrogens (primary N) is 1. The Kier molecular flexibility index (Phi) is 3.12. The van der Waals surface area contributed by atoms with E-state index in [2.05, 4.69) is 24.3 Å². The van der Waals surface area contributed by atoms with Crippen LogP contribution in [0.1, 0.15) is 23.5 Å². The lowest BCUT2D eigenvalue weighted by molar-refractivity contribution is 0.688. The van der Waals surface area contributed by atoms with Gasteiger partial charge in [-0.15, -0.1) is 12.4 Å². The SMILES string of the molecule is Cl.NCC1CCc2ccccc21. The van der Waals surface area contributed by atoms with Crippen molar-refractivity contribution in [3.05, 3.63) is 35.4 Å². The first-order valence-electron chi connectivity index (χ1n) is 4.19. The molecule has 1 atom stereocenters. The molecule has 0 spiro atoms. The Labute approximate surface area is 79.4 Å². The third kappa shape index (κ3) is 1.47. The second kappa shape index (κ2) is 3.92. The van der Waals surface area contributed by atoms with Crippen LogP contribution in [0.15, 0.2) is 24.3 Å². The first-order chi connectivity index (χ1) is 5.42. The first-order valence-corrected chi connectivity index (χ1v) is 4.19. The van der Waals surface area contributed by atoms with E-state index in [-0.39, 0.29) is 12.4 Å². The molecule has 2 N–H and O–H groups in total. The highest BCUT2D eigenvalue weighted by Gasteiger charge is 2.19. The molecule has 1 nitrogen and oxygen atoms in total. The number of hydrogen-bond acceptors (Lipinski definition) is 1. The molecule has 2 rings (SSSR count). The normalized spacial score (nSPS) is 19.9. The maximum Gasteiger partial charge on any atom is -0.000802 e. The number of hydrogen-bond donors (Lipinski definition) is 1. The van der Waals surface area contributed by atoms with Crippen molar-refractivity contribution in [2.24, 2.45) is 5.73 Å². The maximum absolute atomic E-state index is 5.65. The molecule has 0 saturated carbocycles. The van der Waals surface area contributed by atoms with Crippen molar-refractivity contribution < 1.29 is 0 Å². The smallest absolute Gasteiger partial charge is 0.000802 e. The average Bonchev–Trinajstić information content (AvgIpc) is 2.47. The average molecular weight is 184 g/mol. The van der Waals surface area contributed by atoms with Crippen LogP contribution in [0.2, 0.25) is 0 Å². The van der Waals surface area contributed by atoms with Crippen LogP contribution in [0.3, 0.4) is 0 Å². The quantitative estimate of drug-likeness (QED) is 0.709. The molecule has 1 unspecified atom stereocenters. The summed E-state index contributed by atoms with van der Waals surface area (Å²) < 4.78 is 0. The van der Waals surface area contributed by atoms with Gasteiger partial charge in [-0.05, 0) is 36.4 Å². The highest BCUT2D eigenvalue weighted by atomic mass is 35.5. The van der Waals surface area contributed by atoms with Gasteiger partial charge in [0.1, 0.15) is 0 Å². The summed E-state index contributed by atoms with van der Waals surface area (Å²) in [5.74, 6) is 0.631. The molecule has 1 aromatic carbocycles. The summed E-state index contributed by atoms with van der Waals surface area (Å²) in [4.78, 5) is 0. The largest absolute Gasteiger partial charge is 0.330 e. The summed E-state index contributed by atoms with van der Waals surface area (Å²) in [5, 5.41) is 0. The molecule has 0 fully saturated rings. The van der Waals surface area contributed by atoms with Gasteiger partial charge in [0, 0.05) is 0 Å². The summed E-state index contributed by atoms with van der Waals surface area (Å²) in [5.41, 5.74) is 8.63. The lowest BCUT2D eigenvalue weighted by atomic mass is 10.0. The van der Waals surface area contributed by atoms with Crippen LogP contribution >= 0.6 is 12.4 Å². The van der Waals surface area contributed by atoms with Crippen molar-refractivity contribution in [3.63, 3.8) is 0 Å². The second-order valence-corrected chi connectivity index (χ2v) is 3.17. The molecule has 66 valence electrons. The molecule has 0 saturated heterocycles. The Morgan fingerprint density at radius 2 is 2.08 bits per heavy atom. The maximum atomic E-state index is 5.65. The summed E-state index contributed by atoms with van der Waals surface area (Å²) >= 11 is 0. The monoisotopic (exact) mass is 183 g/mol. The zero-order valence-electron chi connectivity index (χ0n) is 6.99. The van der Waals surface area contributed by atoms with Crippen molar-refractivity contribution in [1.29, 1.82) is 0 Å². The van der Waals surface area contributed by atoms with Crippen LogP contribution in [-0.2, 0) is 6.42 Å². The van der Waals surface area contributed by atoms with Gasteiger partial charge in [-0.3, -0.25) is 0 Å². The van der Waals surface area contributed by atoms with Gasteiger partial charge in [-0.1, -0.05) is 24.3 Å². The fourth-order valence-corrected chi connectivity index (χ4v) is 1.89. The molecule has 12 heavy (non-hydrogen) atoms. The molecule has 0 aliphatic heterocycles. The summed E-state index contributed by atoms with van der Waals surface area (Å²) in [7, 11) is 0. The molecule has 0 heterocycles. The van der Waals surface area contributed by atoms with Gasteiger partial charge in [0.25, 0.3) is 0 Å². The fourth-order valence-electron chi connectivity index (χ4n) is 1.89. The van der Waals surface area contributed by atoms with E-state index in [0.29, 0.717) is 5.92 Å². The number of fused-ring (bicyclic) bond motifs is 1. The van der Waals surface area contributed by atoms with Crippen LogP contribution in [0.4, 0.5) is 0 Å². The molecule has 1 aromatic rings. The van der Waals surface area contributed by atoms with E-state index < -0.39 is 0 Å². The van der Waals surface area contributed by atoms with E-state index in [9.17, 15) is 0 Å². The molecule has 0 bridgehead atoms. The van der Waals surface area contributed by atoms with E-state index in [1.165, 1.54) is 24.0 Å².